The lowest BCUT2D eigenvalue weighted by Crippen LogP contribution is -2.50. The van der Waals surface area contributed by atoms with Crippen molar-refractivity contribution in [1.82, 2.24) is 3.97 Å². The third kappa shape index (κ3) is 4.89. The molecule has 0 spiro atoms. The van der Waals surface area contributed by atoms with Gasteiger partial charge in [-0.2, -0.15) is 13.2 Å². The van der Waals surface area contributed by atoms with Crippen LogP contribution in [0.15, 0.2) is 56.9 Å². The predicted octanol–water partition coefficient (Wildman–Crippen LogP) is 4.66. The van der Waals surface area contributed by atoms with Crippen LogP contribution in [0.2, 0.25) is 0 Å². The minimum absolute atomic E-state index is 0.285. The molecule has 0 saturated carbocycles. The number of benzene rings is 2. The van der Waals surface area contributed by atoms with Gasteiger partial charge in [-0.25, -0.2) is 29.6 Å². The molecule has 0 saturated heterocycles. The zero-order valence-corrected chi connectivity index (χ0v) is 22.0. The van der Waals surface area contributed by atoms with Crippen molar-refractivity contribution >= 4 is 41.7 Å². The van der Waals surface area contributed by atoms with Crippen LogP contribution in [-0.4, -0.2) is 37.7 Å². The Morgan fingerprint density at radius 2 is 1.68 bits per heavy atom. The summed E-state index contributed by atoms with van der Waals surface area (Å²) in [5, 5.41) is 10.3. The monoisotopic (exact) mass is 628 g/mol. The Balaban J connectivity index is 1.90. The fourth-order valence-corrected chi connectivity index (χ4v) is 7.14. The predicted molar refractivity (Wildman–Crippen MR) is 126 cm³/mol. The first kappa shape index (κ1) is 27.5. The minimum atomic E-state index is -5.14. The van der Waals surface area contributed by atoms with Gasteiger partial charge in [0.25, 0.3) is 20.0 Å². The molecule has 15 heteroatoms. The molecular formula is C22H18BrF5N2O5S2. The van der Waals surface area contributed by atoms with E-state index in [9.17, 15) is 43.9 Å². The van der Waals surface area contributed by atoms with Crippen LogP contribution >= 0.6 is 15.9 Å². The molecule has 0 bridgehead atoms. The number of aryl methyl sites for hydroxylation is 1. The Kier molecular flexibility index (Phi) is 6.75. The number of hydrogen-bond acceptors (Lipinski definition) is 5. The van der Waals surface area contributed by atoms with Crippen LogP contribution in [-0.2, 0) is 32.9 Å². The number of halogens is 6. The van der Waals surface area contributed by atoms with E-state index in [4.69, 9.17) is 0 Å². The summed E-state index contributed by atoms with van der Waals surface area (Å²) in [6.45, 7) is 1.68. The third-order valence-corrected chi connectivity index (χ3v) is 9.78. The highest BCUT2D eigenvalue weighted by Gasteiger charge is 2.56. The first-order chi connectivity index (χ1) is 17.0. The Hall–Kier alpha value is -2.49. The summed E-state index contributed by atoms with van der Waals surface area (Å²) < 4.78 is 124. The second-order valence-corrected chi connectivity index (χ2v) is 12.9. The van der Waals surface area contributed by atoms with Crippen LogP contribution in [0.5, 0.6) is 0 Å². The number of aliphatic hydroxyl groups is 1. The van der Waals surface area contributed by atoms with Crippen LogP contribution < -0.4 is 4.72 Å². The van der Waals surface area contributed by atoms with Crippen molar-refractivity contribution < 1.29 is 43.9 Å². The third-order valence-electron chi connectivity index (χ3n) is 6.04. The number of aromatic nitrogens is 1. The molecule has 1 atom stereocenters. The largest absolute Gasteiger partial charge is 0.417 e. The average Bonchev–Trinajstić information content (AvgIpc) is 3.17. The first-order valence-corrected chi connectivity index (χ1v) is 14.2. The number of fused-ring (bicyclic) bond motifs is 1. The van der Waals surface area contributed by atoms with Crippen LogP contribution in [0.1, 0.15) is 23.2 Å². The van der Waals surface area contributed by atoms with Gasteiger partial charge in [0, 0.05) is 24.4 Å². The summed E-state index contributed by atoms with van der Waals surface area (Å²) in [5.41, 5.74) is -4.30. The highest BCUT2D eigenvalue weighted by Crippen LogP contribution is 2.44. The maximum absolute atomic E-state index is 14.3. The molecule has 200 valence electrons. The Labute approximate surface area is 217 Å². The summed E-state index contributed by atoms with van der Waals surface area (Å²) in [6, 6.07) is 6.49. The lowest BCUT2D eigenvalue weighted by atomic mass is 9.83. The van der Waals surface area contributed by atoms with Gasteiger partial charge in [-0.1, -0.05) is 17.7 Å². The van der Waals surface area contributed by atoms with Gasteiger partial charge in [-0.15, -0.1) is 0 Å². The average molecular weight is 629 g/mol. The van der Waals surface area contributed by atoms with Crippen molar-refractivity contribution in [2.45, 2.75) is 47.8 Å². The molecule has 0 radical (unpaired) electrons. The summed E-state index contributed by atoms with van der Waals surface area (Å²) in [5.74, 6) is -2.17. The number of anilines is 1. The van der Waals surface area contributed by atoms with Crippen LogP contribution in [0, 0.1) is 18.6 Å². The van der Waals surface area contributed by atoms with E-state index in [1.165, 1.54) is 24.3 Å². The van der Waals surface area contributed by atoms with E-state index in [1.807, 2.05) is 4.72 Å². The number of alkyl halides is 3. The Morgan fingerprint density at radius 1 is 1.05 bits per heavy atom. The summed E-state index contributed by atoms with van der Waals surface area (Å²) in [6.07, 6.45) is -7.37. The second kappa shape index (κ2) is 9.06. The maximum Gasteiger partial charge on any atom is 0.417 e. The van der Waals surface area contributed by atoms with Crippen LogP contribution in [0.4, 0.5) is 27.6 Å². The molecule has 3 aromatic rings. The lowest BCUT2D eigenvalue weighted by molar-refractivity contribution is -0.263. The molecule has 7 nitrogen and oxygen atoms in total. The summed E-state index contributed by atoms with van der Waals surface area (Å²) >= 11 is 2.75. The van der Waals surface area contributed by atoms with Crippen molar-refractivity contribution in [2.75, 3.05) is 4.72 Å². The van der Waals surface area contributed by atoms with Crippen molar-refractivity contribution in [1.29, 1.82) is 0 Å². The van der Waals surface area contributed by atoms with Gasteiger partial charge in [0.15, 0.2) is 5.60 Å². The van der Waals surface area contributed by atoms with Crippen molar-refractivity contribution in [3.8, 4) is 0 Å². The maximum atomic E-state index is 14.3. The van der Waals surface area contributed by atoms with Crippen LogP contribution in [0.25, 0.3) is 0 Å². The van der Waals surface area contributed by atoms with E-state index >= 15 is 0 Å². The zero-order chi connectivity index (χ0) is 27.6. The lowest BCUT2D eigenvalue weighted by Gasteiger charge is -2.34. The van der Waals surface area contributed by atoms with Gasteiger partial charge in [-0.3, -0.25) is 4.72 Å². The molecule has 1 aliphatic rings. The molecule has 37 heavy (non-hydrogen) atoms. The number of nitrogens with one attached hydrogen (secondary N) is 1. The van der Waals surface area contributed by atoms with E-state index in [0.29, 0.717) is 27.9 Å². The molecule has 0 fully saturated rings. The van der Waals surface area contributed by atoms with E-state index in [2.05, 4.69) is 15.9 Å². The molecule has 2 aromatic carbocycles. The SMILES string of the molecule is Cc1ccc(S(=O)(=O)n2cc(S(=O)(=O)Nc3cc(F)c(Br)cc3F)c3c2C[C@](O)(C(F)(F)F)CC3)cc1. The topological polar surface area (TPSA) is 105 Å². The van der Waals surface area contributed by atoms with Crippen molar-refractivity contribution in [3.05, 3.63) is 75.5 Å². The fraction of sp³-hybridized carbons (Fsp3) is 0.273. The smallest absolute Gasteiger partial charge is 0.380 e. The molecular weight excluding hydrogens is 611 g/mol. The molecule has 4 rings (SSSR count). The second-order valence-electron chi connectivity index (χ2n) is 8.59. The number of hydrogen-bond donors (Lipinski definition) is 2. The number of rotatable bonds is 5. The Morgan fingerprint density at radius 3 is 2.27 bits per heavy atom. The van der Waals surface area contributed by atoms with E-state index in [1.54, 1.807) is 6.92 Å². The number of sulfonamides is 1. The molecule has 0 amide bonds. The normalized spacial score (nSPS) is 18.5. The molecule has 0 aliphatic heterocycles. The van der Waals surface area contributed by atoms with E-state index in [-0.39, 0.29) is 14.9 Å². The van der Waals surface area contributed by atoms with E-state index < -0.39 is 79.0 Å². The van der Waals surface area contributed by atoms with Gasteiger partial charge >= 0.3 is 6.18 Å². The molecule has 1 aromatic heterocycles. The molecule has 2 N–H and O–H groups in total. The quantitative estimate of drug-likeness (QED) is 0.316. The highest BCUT2D eigenvalue weighted by molar-refractivity contribution is 9.10. The van der Waals surface area contributed by atoms with Gasteiger partial charge in [-0.05, 0) is 59.5 Å². The molecule has 1 heterocycles. The summed E-state index contributed by atoms with van der Waals surface area (Å²) in [4.78, 5) is -1.08. The first-order valence-electron chi connectivity index (χ1n) is 10.5. The fourth-order valence-electron chi connectivity index (χ4n) is 4.00. The zero-order valence-electron chi connectivity index (χ0n) is 18.8. The van der Waals surface area contributed by atoms with Crippen LogP contribution in [0.3, 0.4) is 0 Å². The van der Waals surface area contributed by atoms with Crippen molar-refractivity contribution in [3.63, 3.8) is 0 Å². The van der Waals surface area contributed by atoms with Gasteiger partial charge in [0.1, 0.15) is 16.5 Å². The standard InChI is InChI=1S/C22H18BrF5N2O5S2/c1-12-2-4-13(5-3-12)37(34,35)30-11-20(14-6-7-21(31,10-19(14)30)22(26,27)28)36(32,33)29-18-9-16(24)15(23)8-17(18)25/h2-5,8-9,11,29,31H,6-7,10H2,1H3/t21-/m0/s1. The van der Waals surface area contributed by atoms with Crippen molar-refractivity contribution in [2.24, 2.45) is 0 Å². The molecule has 1 aliphatic carbocycles. The highest BCUT2D eigenvalue weighted by atomic mass is 79.9. The molecule has 0 unspecified atom stereocenters. The summed E-state index contributed by atoms with van der Waals surface area (Å²) in [7, 11) is -9.45. The minimum Gasteiger partial charge on any atom is -0.380 e. The number of nitrogens with zero attached hydrogens (tertiary/aromatic N) is 1. The van der Waals surface area contributed by atoms with Gasteiger partial charge in [0.05, 0.1) is 15.1 Å². The van der Waals surface area contributed by atoms with Gasteiger partial charge < -0.3 is 5.11 Å². The Bertz CT molecular complexity index is 1600. The van der Waals surface area contributed by atoms with Gasteiger partial charge in [0.2, 0.25) is 0 Å². The van der Waals surface area contributed by atoms with E-state index in [0.717, 1.165) is 0 Å².